The predicted molar refractivity (Wildman–Crippen MR) is 162 cm³/mol. The molecule has 1 saturated heterocycles. The predicted octanol–water partition coefficient (Wildman–Crippen LogP) is 5.91. The lowest BCUT2D eigenvalue weighted by molar-refractivity contribution is -0.119. The number of nitrogens with one attached hydrogen (secondary N) is 2. The number of hydrogen-bond acceptors (Lipinski definition) is 5. The van der Waals surface area contributed by atoms with Gasteiger partial charge < -0.3 is 29.6 Å². The Balaban J connectivity index is 1.66. The number of ether oxygens (including phenoxy) is 2. The molecule has 1 aliphatic heterocycles. The summed E-state index contributed by atoms with van der Waals surface area (Å²) in [6, 6.07) is 21.0. The van der Waals surface area contributed by atoms with Crippen LogP contribution in [0.1, 0.15) is 34.7 Å². The SMILES string of the molecule is COCC(=O)Nc1cc(N2C(=S)N[C@H](c3ccccn3)[C@@H]2c2cc(C)n(-c3ccccc3Cl)c2C)ccc1OC. The summed E-state index contributed by atoms with van der Waals surface area (Å²) in [7, 11) is 3.04. The van der Waals surface area contributed by atoms with Crippen molar-refractivity contribution in [1.82, 2.24) is 14.9 Å². The fourth-order valence-electron chi connectivity index (χ4n) is 5.30. The summed E-state index contributed by atoms with van der Waals surface area (Å²) in [4.78, 5) is 19.1. The number of nitrogens with zero attached hydrogens (tertiary/aromatic N) is 3. The second-order valence-corrected chi connectivity index (χ2v) is 10.3. The molecule has 10 heteroatoms. The Labute approximate surface area is 243 Å². The Morgan fingerprint density at radius 3 is 2.58 bits per heavy atom. The average Bonchev–Trinajstić information content (AvgIpc) is 3.44. The molecule has 1 amide bonds. The first kappa shape index (κ1) is 27.6. The lowest BCUT2D eigenvalue weighted by atomic mass is 9.96. The smallest absolute Gasteiger partial charge is 0.250 e. The number of carbonyl (C=O) groups is 1. The molecule has 40 heavy (non-hydrogen) atoms. The number of pyridine rings is 1. The summed E-state index contributed by atoms with van der Waals surface area (Å²) in [5.74, 6) is 0.243. The van der Waals surface area contributed by atoms with E-state index in [9.17, 15) is 4.79 Å². The number of thiocarbonyl (C=S) groups is 1. The fraction of sp³-hybridized carbons (Fsp3) is 0.233. The third-order valence-corrected chi connectivity index (χ3v) is 7.63. The van der Waals surface area contributed by atoms with Crippen LogP contribution in [0.25, 0.3) is 5.69 Å². The maximum atomic E-state index is 12.4. The minimum absolute atomic E-state index is 0.0739. The van der Waals surface area contributed by atoms with Crippen molar-refractivity contribution in [2.45, 2.75) is 25.9 Å². The Kier molecular flexibility index (Phi) is 8.07. The van der Waals surface area contributed by atoms with Crippen molar-refractivity contribution in [2.75, 3.05) is 31.0 Å². The summed E-state index contributed by atoms with van der Waals surface area (Å²) in [5, 5.41) is 7.60. The molecule has 1 aliphatic rings. The third kappa shape index (κ3) is 5.15. The minimum atomic E-state index is -0.286. The van der Waals surface area contributed by atoms with Crippen molar-refractivity contribution in [3.8, 4) is 11.4 Å². The van der Waals surface area contributed by atoms with Crippen LogP contribution in [-0.4, -0.2) is 41.4 Å². The highest BCUT2D eigenvalue weighted by Gasteiger charge is 2.42. The molecule has 3 heterocycles. The number of aryl methyl sites for hydroxylation is 1. The Morgan fingerprint density at radius 1 is 1.10 bits per heavy atom. The summed E-state index contributed by atoms with van der Waals surface area (Å²) in [6.07, 6.45) is 1.78. The summed E-state index contributed by atoms with van der Waals surface area (Å²) >= 11 is 12.6. The van der Waals surface area contributed by atoms with Crippen molar-refractivity contribution < 1.29 is 14.3 Å². The maximum absolute atomic E-state index is 12.4. The Hall–Kier alpha value is -3.92. The van der Waals surface area contributed by atoms with Crippen LogP contribution in [0.5, 0.6) is 5.75 Å². The molecule has 206 valence electrons. The van der Waals surface area contributed by atoms with E-state index < -0.39 is 0 Å². The van der Waals surface area contributed by atoms with E-state index >= 15 is 0 Å². The average molecular weight is 576 g/mol. The number of rotatable bonds is 8. The second-order valence-electron chi connectivity index (χ2n) is 9.48. The van der Waals surface area contributed by atoms with Gasteiger partial charge in [-0.1, -0.05) is 29.8 Å². The van der Waals surface area contributed by atoms with E-state index in [1.165, 1.54) is 7.11 Å². The van der Waals surface area contributed by atoms with E-state index in [-0.39, 0.29) is 24.6 Å². The zero-order chi connectivity index (χ0) is 28.4. The third-order valence-electron chi connectivity index (χ3n) is 6.99. The molecular weight excluding hydrogens is 546 g/mol. The van der Waals surface area contributed by atoms with Crippen LogP contribution >= 0.6 is 23.8 Å². The van der Waals surface area contributed by atoms with E-state index in [0.29, 0.717) is 21.6 Å². The number of carbonyl (C=O) groups excluding carboxylic acids is 1. The van der Waals surface area contributed by atoms with Gasteiger partial charge in [-0.3, -0.25) is 9.78 Å². The van der Waals surface area contributed by atoms with Crippen molar-refractivity contribution in [1.29, 1.82) is 0 Å². The first-order chi connectivity index (χ1) is 19.3. The molecule has 0 saturated carbocycles. The highest BCUT2D eigenvalue weighted by atomic mass is 35.5. The number of benzene rings is 2. The van der Waals surface area contributed by atoms with Crippen LogP contribution in [-0.2, 0) is 9.53 Å². The lowest BCUT2D eigenvalue weighted by Gasteiger charge is -2.29. The Bertz CT molecular complexity index is 1560. The van der Waals surface area contributed by atoms with Crippen LogP contribution in [0.3, 0.4) is 0 Å². The van der Waals surface area contributed by atoms with E-state index in [4.69, 9.17) is 33.3 Å². The normalized spacial score (nSPS) is 16.6. The summed E-state index contributed by atoms with van der Waals surface area (Å²) in [6.45, 7) is 4.08. The van der Waals surface area contributed by atoms with Crippen molar-refractivity contribution in [2.24, 2.45) is 0 Å². The number of anilines is 2. The van der Waals surface area contributed by atoms with Gasteiger partial charge in [-0.25, -0.2) is 0 Å². The molecule has 0 unspecified atom stereocenters. The first-order valence-corrected chi connectivity index (χ1v) is 13.5. The number of halogens is 1. The van der Waals surface area contributed by atoms with Gasteiger partial charge in [0.2, 0.25) is 5.91 Å². The fourth-order valence-corrected chi connectivity index (χ4v) is 5.87. The van der Waals surface area contributed by atoms with Gasteiger partial charge in [-0.05, 0) is 80.2 Å². The quantitative estimate of drug-likeness (QED) is 0.253. The molecule has 0 spiro atoms. The van der Waals surface area contributed by atoms with Gasteiger partial charge >= 0.3 is 0 Å². The number of para-hydroxylation sites is 1. The van der Waals surface area contributed by atoms with E-state index in [1.807, 2.05) is 60.7 Å². The van der Waals surface area contributed by atoms with Gasteiger partial charge in [0, 0.05) is 30.4 Å². The van der Waals surface area contributed by atoms with Gasteiger partial charge in [-0.15, -0.1) is 0 Å². The van der Waals surface area contributed by atoms with Crippen LogP contribution in [0.2, 0.25) is 5.02 Å². The minimum Gasteiger partial charge on any atom is -0.495 e. The zero-order valence-electron chi connectivity index (χ0n) is 22.6. The zero-order valence-corrected chi connectivity index (χ0v) is 24.2. The highest BCUT2D eigenvalue weighted by molar-refractivity contribution is 7.80. The highest BCUT2D eigenvalue weighted by Crippen LogP contribution is 2.45. The van der Waals surface area contributed by atoms with E-state index in [2.05, 4.69) is 45.0 Å². The molecule has 0 radical (unpaired) electrons. The van der Waals surface area contributed by atoms with Gasteiger partial charge in [0.1, 0.15) is 12.4 Å². The van der Waals surface area contributed by atoms with Gasteiger partial charge in [-0.2, -0.15) is 0 Å². The molecule has 2 atom stereocenters. The molecule has 2 aromatic heterocycles. The first-order valence-electron chi connectivity index (χ1n) is 12.7. The molecule has 1 fully saturated rings. The molecule has 0 bridgehead atoms. The van der Waals surface area contributed by atoms with Crippen molar-refractivity contribution >= 4 is 46.2 Å². The van der Waals surface area contributed by atoms with Crippen LogP contribution in [0.4, 0.5) is 11.4 Å². The largest absolute Gasteiger partial charge is 0.495 e. The van der Waals surface area contributed by atoms with Gasteiger partial charge in [0.25, 0.3) is 0 Å². The van der Waals surface area contributed by atoms with Crippen LogP contribution in [0, 0.1) is 13.8 Å². The van der Waals surface area contributed by atoms with Crippen molar-refractivity contribution in [3.63, 3.8) is 0 Å². The monoisotopic (exact) mass is 575 g/mol. The standard InChI is InChI=1S/C30H30ClN5O3S/c1-18-15-21(19(2)35(18)25-11-6-5-9-22(25)31)29-28(23-10-7-8-14-32-23)34-30(40)36(29)20-12-13-26(39-4)24(16-20)33-27(37)17-38-3/h5-16,28-29H,17H2,1-4H3,(H,33,37)(H,34,40)/t28-,29+/m1/s1. The molecule has 0 aliphatic carbocycles. The second kappa shape index (κ2) is 11.7. The van der Waals surface area contributed by atoms with E-state index in [0.717, 1.165) is 34.0 Å². The number of aromatic nitrogens is 2. The molecule has 5 rings (SSSR count). The van der Waals surface area contributed by atoms with Gasteiger partial charge in [0.15, 0.2) is 5.11 Å². The number of amides is 1. The Morgan fingerprint density at radius 2 is 1.88 bits per heavy atom. The molecule has 4 aromatic rings. The van der Waals surface area contributed by atoms with Crippen LogP contribution < -0.4 is 20.3 Å². The molecule has 2 aromatic carbocycles. The summed E-state index contributed by atoms with van der Waals surface area (Å²) < 4.78 is 12.7. The molecule has 2 N–H and O–H groups in total. The topological polar surface area (TPSA) is 80.7 Å². The molecular formula is C30H30ClN5O3S. The summed E-state index contributed by atoms with van der Waals surface area (Å²) in [5.41, 5.74) is 6.23. The van der Waals surface area contributed by atoms with Crippen LogP contribution in [0.15, 0.2) is 72.9 Å². The maximum Gasteiger partial charge on any atom is 0.250 e. The number of hydrogen-bond donors (Lipinski definition) is 2. The number of methoxy groups -OCH3 is 2. The molecule has 8 nitrogen and oxygen atoms in total. The van der Waals surface area contributed by atoms with Crippen molar-refractivity contribution in [3.05, 3.63) is 101 Å². The van der Waals surface area contributed by atoms with E-state index in [1.54, 1.807) is 13.3 Å². The van der Waals surface area contributed by atoms with Gasteiger partial charge in [0.05, 0.1) is 41.3 Å². The lowest BCUT2D eigenvalue weighted by Crippen LogP contribution is -2.29.